The van der Waals surface area contributed by atoms with Gasteiger partial charge in [0, 0.05) is 35.3 Å². The number of pyridine rings is 3. The van der Waals surface area contributed by atoms with Crippen LogP contribution in [0.2, 0.25) is 5.15 Å². The molecule has 3 aromatic carbocycles. The molecule has 6 atom stereocenters. The van der Waals surface area contributed by atoms with Crippen molar-refractivity contribution in [1.29, 1.82) is 0 Å². The molecule has 0 bridgehead atoms. The number of benzene rings is 3. The van der Waals surface area contributed by atoms with Crippen LogP contribution in [-0.4, -0.2) is 68.2 Å². The molecule has 3 saturated carbocycles. The van der Waals surface area contributed by atoms with Crippen molar-refractivity contribution in [1.82, 2.24) is 30.9 Å². The standard InChI is InChI=1S/C22H26BFN2O3.C16H16BFN2O3.C16H14ClFN2O/c1-14-12-22(14,26-19(27)15-6-9-17(24)10-7-15)16-8-11-18(25-13-16)23-28-20(2,3)21(4,5)29-23;1-10-8-16(10,12-4-7-14(17(22)23)19-9-12)20-15(21)11-2-5-13(18)6-3-11;1-10-8-16(10,12-4-7-14(17)19-9-12)20-15(21)11-2-5-13(18)6-3-11/h6-11,13-14H,12H2,1-5H3,(H,26,27);2-7,9-10,22-23H,8H2,1H3,(H,20,21);2-7,9-10H,8H2,1H3,(H,20,21). The molecule has 1 saturated heterocycles. The summed E-state index contributed by atoms with van der Waals surface area (Å²) in [5.41, 5.74) is 2.61. The Labute approximate surface area is 428 Å². The number of hydrogen-bond donors (Lipinski definition) is 5. The number of aromatic nitrogens is 3. The summed E-state index contributed by atoms with van der Waals surface area (Å²) in [7, 11) is -2.14. The number of hydrogen-bond acceptors (Lipinski definition) is 10. The molecule has 0 radical (unpaired) electrons. The van der Waals surface area contributed by atoms with Gasteiger partial charge in [-0.2, -0.15) is 0 Å². The Kier molecular flexibility index (Phi) is 14.8. The molecular weight excluding hydrogens is 959 g/mol. The summed E-state index contributed by atoms with van der Waals surface area (Å²) in [6, 6.07) is 27.2. The monoisotopic (exact) mass is 1010 g/mol. The van der Waals surface area contributed by atoms with Gasteiger partial charge in [0.2, 0.25) is 0 Å². The number of rotatable bonds is 11. The SMILES string of the molecule is CC1CC1(NC(=O)c1ccc(F)cc1)c1ccc(B(O)O)nc1.CC1CC1(NC(=O)c1ccc(F)cc1)c1ccc(B2OC(C)(C)C(C)(C)O2)nc1.CC1CC1(NC(=O)c1ccc(F)cc1)c1ccc(Cl)nc1. The molecule has 1 aliphatic heterocycles. The summed E-state index contributed by atoms with van der Waals surface area (Å²) >= 11 is 5.80. The average molecular weight is 1020 g/mol. The van der Waals surface area contributed by atoms with E-state index in [4.69, 9.17) is 31.0 Å². The Balaban J connectivity index is 0.000000148. The second kappa shape index (κ2) is 20.5. The first-order chi connectivity index (χ1) is 34.5. The maximum absolute atomic E-state index is 13.1. The van der Waals surface area contributed by atoms with Crippen molar-refractivity contribution in [2.75, 3.05) is 0 Å². The molecule has 3 aliphatic carbocycles. The van der Waals surface area contributed by atoms with Crippen LogP contribution in [0.3, 0.4) is 0 Å². The van der Waals surface area contributed by atoms with Gasteiger partial charge in [-0.15, -0.1) is 0 Å². The molecule has 3 amide bonds. The fourth-order valence-electron chi connectivity index (χ4n) is 9.08. The van der Waals surface area contributed by atoms with Crippen molar-refractivity contribution in [2.45, 2.75) is 95.5 Å². The van der Waals surface area contributed by atoms with Gasteiger partial charge in [-0.05, 0) is 172 Å². The first-order valence-corrected chi connectivity index (χ1v) is 24.4. The van der Waals surface area contributed by atoms with Crippen molar-refractivity contribution >= 4 is 54.7 Å². The first kappa shape index (κ1) is 52.9. The lowest BCUT2D eigenvalue weighted by Crippen LogP contribution is -2.41. The van der Waals surface area contributed by atoms with E-state index in [1.165, 1.54) is 78.9 Å². The molecule has 4 aliphatic rings. The Morgan fingerprint density at radius 3 is 1.15 bits per heavy atom. The van der Waals surface area contributed by atoms with E-state index in [1.54, 1.807) is 30.7 Å². The fraction of sp³-hybridized carbons (Fsp3) is 0.333. The second-order valence-corrected chi connectivity index (χ2v) is 20.8. The lowest BCUT2D eigenvalue weighted by Gasteiger charge is -2.32. The van der Waals surface area contributed by atoms with E-state index < -0.39 is 47.9 Å². The minimum absolute atomic E-state index is 0.155. The number of amides is 3. The third-order valence-electron chi connectivity index (χ3n) is 14.9. The summed E-state index contributed by atoms with van der Waals surface area (Å²) in [6.45, 7) is 14.2. The van der Waals surface area contributed by atoms with Crippen molar-refractivity contribution in [3.05, 3.63) is 184 Å². The smallest absolute Gasteiger partial charge is 0.422 e. The number of halogens is 4. The Bertz CT molecular complexity index is 2950. The lowest BCUT2D eigenvalue weighted by molar-refractivity contribution is 0.00578. The molecule has 3 aromatic heterocycles. The van der Waals surface area contributed by atoms with Crippen LogP contribution in [0, 0.1) is 35.2 Å². The summed E-state index contributed by atoms with van der Waals surface area (Å²) in [6.07, 6.45) is 7.47. The van der Waals surface area contributed by atoms with Crippen LogP contribution in [0.4, 0.5) is 13.2 Å². The minimum atomic E-state index is -1.62. The molecule has 378 valence electrons. The van der Waals surface area contributed by atoms with Gasteiger partial charge in [0.1, 0.15) is 22.6 Å². The lowest BCUT2D eigenvalue weighted by atomic mass is 9.83. The predicted molar refractivity (Wildman–Crippen MR) is 271 cm³/mol. The summed E-state index contributed by atoms with van der Waals surface area (Å²) in [5, 5.41) is 27.8. The van der Waals surface area contributed by atoms with Crippen molar-refractivity contribution in [3.63, 3.8) is 0 Å². The van der Waals surface area contributed by atoms with Gasteiger partial charge in [0.05, 0.1) is 39.0 Å². The molecular formula is C54H56B2ClF3N6O7. The number of carbonyl (C=O) groups is 3. The zero-order valence-electron chi connectivity index (χ0n) is 41.4. The maximum atomic E-state index is 13.1. The van der Waals surface area contributed by atoms with Gasteiger partial charge in [0.15, 0.2) is 0 Å². The van der Waals surface area contributed by atoms with Gasteiger partial charge < -0.3 is 35.3 Å². The third-order valence-corrected chi connectivity index (χ3v) is 15.1. The van der Waals surface area contributed by atoms with E-state index in [1.807, 2.05) is 52.8 Å². The number of carbonyl (C=O) groups excluding carboxylic acids is 3. The molecule has 19 heteroatoms. The molecule has 5 N–H and O–H groups in total. The van der Waals surface area contributed by atoms with Crippen LogP contribution in [0.1, 0.15) is 115 Å². The van der Waals surface area contributed by atoms with Crippen LogP contribution in [0.15, 0.2) is 128 Å². The van der Waals surface area contributed by atoms with E-state index in [0.717, 1.165) is 36.0 Å². The van der Waals surface area contributed by atoms with Crippen molar-refractivity contribution in [3.8, 4) is 0 Å². The third kappa shape index (κ3) is 11.4. The molecule has 0 spiro atoms. The van der Waals surface area contributed by atoms with Crippen LogP contribution in [-0.2, 0) is 25.9 Å². The molecule has 73 heavy (non-hydrogen) atoms. The van der Waals surface area contributed by atoms with E-state index in [0.29, 0.717) is 33.4 Å². The number of nitrogens with one attached hydrogen (secondary N) is 3. The minimum Gasteiger partial charge on any atom is -0.422 e. The quantitative estimate of drug-likeness (QED) is 0.0653. The van der Waals surface area contributed by atoms with Crippen LogP contribution >= 0.6 is 11.6 Å². The maximum Gasteiger partial charge on any atom is 0.514 e. The highest BCUT2D eigenvalue weighted by Crippen LogP contribution is 2.53. The zero-order valence-corrected chi connectivity index (χ0v) is 42.2. The molecule has 4 heterocycles. The van der Waals surface area contributed by atoms with Gasteiger partial charge in [0.25, 0.3) is 17.7 Å². The summed E-state index contributed by atoms with van der Waals surface area (Å²) in [4.78, 5) is 50.0. The topological polar surface area (TPSA) is 185 Å². The predicted octanol–water partition coefficient (Wildman–Crippen LogP) is 7.29. The number of nitrogens with zero attached hydrogens (tertiary/aromatic N) is 3. The second-order valence-electron chi connectivity index (χ2n) is 20.4. The molecule has 6 aromatic rings. The molecule has 13 nitrogen and oxygen atoms in total. The van der Waals surface area contributed by atoms with Gasteiger partial charge in [-0.25, -0.2) is 18.2 Å². The average Bonchev–Trinajstić information content (AvgIpc) is 4.31. The largest absolute Gasteiger partial charge is 0.514 e. The van der Waals surface area contributed by atoms with Gasteiger partial charge in [-0.3, -0.25) is 24.4 Å². The van der Waals surface area contributed by atoms with Crippen molar-refractivity contribution in [2.24, 2.45) is 17.8 Å². The Morgan fingerprint density at radius 2 is 0.877 bits per heavy atom. The van der Waals surface area contributed by atoms with E-state index in [2.05, 4.69) is 44.7 Å². The summed E-state index contributed by atoms with van der Waals surface area (Å²) in [5.74, 6) is -0.973. The molecule has 10 rings (SSSR count). The van der Waals surface area contributed by atoms with Crippen LogP contribution in [0.5, 0.6) is 0 Å². The summed E-state index contributed by atoms with van der Waals surface area (Å²) < 4.78 is 51.1. The highest BCUT2D eigenvalue weighted by atomic mass is 35.5. The van der Waals surface area contributed by atoms with Crippen molar-refractivity contribution < 1.29 is 46.9 Å². The highest BCUT2D eigenvalue weighted by Gasteiger charge is 2.57. The highest BCUT2D eigenvalue weighted by molar-refractivity contribution is 6.61. The van der Waals surface area contributed by atoms with E-state index >= 15 is 0 Å². The van der Waals surface area contributed by atoms with Gasteiger partial charge >= 0.3 is 14.2 Å². The fourth-order valence-corrected chi connectivity index (χ4v) is 9.19. The Hall–Kier alpha value is -6.43. The van der Waals surface area contributed by atoms with E-state index in [-0.39, 0.29) is 46.8 Å². The normalized spacial score (nSPS) is 24.6. The first-order valence-electron chi connectivity index (χ1n) is 24.0. The van der Waals surface area contributed by atoms with E-state index in [9.17, 15) is 27.6 Å². The molecule has 4 fully saturated rings. The van der Waals surface area contributed by atoms with Crippen LogP contribution in [0.25, 0.3) is 0 Å². The van der Waals surface area contributed by atoms with Crippen LogP contribution < -0.4 is 27.1 Å². The molecule has 6 unspecified atom stereocenters. The van der Waals surface area contributed by atoms with Gasteiger partial charge in [-0.1, -0.05) is 50.6 Å². The zero-order chi connectivity index (χ0) is 52.7. The Morgan fingerprint density at radius 1 is 0.548 bits per heavy atom.